The third kappa shape index (κ3) is 2.18. The fraction of sp³-hybridized carbons (Fsp3) is 0.611. The molecule has 1 unspecified atom stereocenters. The van der Waals surface area contributed by atoms with Crippen LogP contribution in [-0.2, 0) is 4.79 Å². The number of aryl methyl sites for hydroxylation is 1. The maximum atomic E-state index is 12.8. The predicted octanol–water partition coefficient (Wildman–Crippen LogP) is 3.15. The number of nitrogens with zero attached hydrogens (tertiary/aromatic N) is 1. The number of hydrogen-bond acceptors (Lipinski definition) is 2. The molecule has 112 valence electrons. The van der Waals surface area contributed by atoms with Gasteiger partial charge in [0, 0.05) is 6.54 Å². The summed E-state index contributed by atoms with van der Waals surface area (Å²) in [6.45, 7) is 3.08. The average Bonchev–Trinajstić information content (AvgIpc) is 2.99. The van der Waals surface area contributed by atoms with Gasteiger partial charge >= 0.3 is 0 Å². The lowest BCUT2D eigenvalue weighted by atomic mass is 10.0. The zero-order valence-corrected chi connectivity index (χ0v) is 12.8. The van der Waals surface area contributed by atoms with Crippen LogP contribution in [0.5, 0.6) is 0 Å². The Labute approximate surface area is 126 Å². The van der Waals surface area contributed by atoms with Gasteiger partial charge in [0.2, 0.25) is 5.91 Å². The molecule has 3 fully saturated rings. The van der Waals surface area contributed by atoms with Gasteiger partial charge in [0.15, 0.2) is 0 Å². The molecule has 1 atom stereocenters. The van der Waals surface area contributed by atoms with Crippen LogP contribution >= 0.6 is 0 Å². The smallest absolute Gasteiger partial charge is 0.244 e. The molecule has 1 saturated heterocycles. The van der Waals surface area contributed by atoms with Crippen molar-refractivity contribution < 1.29 is 4.79 Å². The predicted molar refractivity (Wildman–Crippen MR) is 82.7 cm³/mol. The molecule has 3 nitrogen and oxygen atoms in total. The third-order valence-corrected chi connectivity index (χ3v) is 5.56. The molecule has 1 N–H and O–H groups in total. The molecule has 1 aliphatic heterocycles. The summed E-state index contributed by atoms with van der Waals surface area (Å²) in [7, 11) is 0. The van der Waals surface area contributed by atoms with E-state index in [2.05, 4.69) is 41.4 Å². The average molecular weight is 284 g/mol. The number of benzene rings is 1. The quantitative estimate of drug-likeness (QED) is 0.924. The minimum absolute atomic E-state index is 0.0850. The fourth-order valence-electron chi connectivity index (χ4n) is 4.08. The first kappa shape index (κ1) is 13.3. The summed E-state index contributed by atoms with van der Waals surface area (Å²) in [6.07, 6.45) is 7.35. The Balaban J connectivity index is 1.63. The van der Waals surface area contributed by atoms with Crippen LogP contribution in [0, 0.1) is 12.8 Å². The number of carbonyl (C=O) groups excluding carboxylic acids is 1. The van der Waals surface area contributed by atoms with Crippen molar-refractivity contribution in [2.24, 2.45) is 5.92 Å². The van der Waals surface area contributed by atoms with Crippen molar-refractivity contribution in [1.82, 2.24) is 10.2 Å². The Hall–Kier alpha value is -1.35. The number of nitrogens with one attached hydrogen (secondary N) is 1. The molecule has 3 heteroatoms. The van der Waals surface area contributed by atoms with Gasteiger partial charge in [-0.3, -0.25) is 10.1 Å². The van der Waals surface area contributed by atoms with Crippen LogP contribution < -0.4 is 5.32 Å². The van der Waals surface area contributed by atoms with Crippen LogP contribution in [0.1, 0.15) is 55.8 Å². The lowest BCUT2D eigenvalue weighted by molar-refractivity contribution is -0.131. The van der Waals surface area contributed by atoms with Gasteiger partial charge in [0.25, 0.3) is 0 Å². The lowest BCUT2D eigenvalue weighted by Crippen LogP contribution is -2.35. The van der Waals surface area contributed by atoms with Crippen molar-refractivity contribution in [2.75, 3.05) is 6.54 Å². The van der Waals surface area contributed by atoms with Gasteiger partial charge < -0.3 is 4.90 Å². The van der Waals surface area contributed by atoms with E-state index in [4.69, 9.17) is 0 Å². The Morgan fingerprint density at radius 1 is 1.24 bits per heavy atom. The second-order valence-corrected chi connectivity index (χ2v) is 7.09. The van der Waals surface area contributed by atoms with E-state index in [1.165, 1.54) is 36.8 Å². The molecular weight excluding hydrogens is 260 g/mol. The summed E-state index contributed by atoms with van der Waals surface area (Å²) in [5, 5.41) is 3.65. The van der Waals surface area contributed by atoms with Crippen LogP contribution in [0.2, 0.25) is 0 Å². The number of hydrogen-bond donors (Lipinski definition) is 1. The summed E-state index contributed by atoms with van der Waals surface area (Å²) < 4.78 is 0. The van der Waals surface area contributed by atoms with Crippen LogP contribution in [0.15, 0.2) is 24.3 Å². The highest BCUT2D eigenvalue weighted by atomic mass is 16.2. The monoisotopic (exact) mass is 284 g/mol. The van der Waals surface area contributed by atoms with E-state index < -0.39 is 0 Å². The van der Waals surface area contributed by atoms with Gasteiger partial charge in [-0.05, 0) is 49.7 Å². The summed E-state index contributed by atoms with van der Waals surface area (Å²) in [6, 6.07) is 8.47. The van der Waals surface area contributed by atoms with Gasteiger partial charge in [-0.1, -0.05) is 37.1 Å². The van der Waals surface area contributed by atoms with Gasteiger partial charge in [0.1, 0.15) is 11.7 Å². The van der Waals surface area contributed by atoms with Crippen molar-refractivity contribution in [2.45, 2.75) is 57.2 Å². The van der Waals surface area contributed by atoms with Crippen molar-refractivity contribution in [3.05, 3.63) is 35.4 Å². The van der Waals surface area contributed by atoms with Crippen molar-refractivity contribution in [3.8, 4) is 0 Å². The standard InChI is InChI=1S/C18H24N2O/c1-13-6-2-5-9-15(13)16-19-18(10-11-18)17(21)20(16)12-14-7-3-4-8-14/h2,5-6,9,14,16,19H,3-4,7-8,10-12H2,1H3. The summed E-state index contributed by atoms with van der Waals surface area (Å²) >= 11 is 0. The minimum Gasteiger partial charge on any atom is -0.321 e. The number of amides is 1. The van der Waals surface area contributed by atoms with E-state index in [-0.39, 0.29) is 11.7 Å². The van der Waals surface area contributed by atoms with E-state index in [0.29, 0.717) is 11.8 Å². The van der Waals surface area contributed by atoms with E-state index in [1.807, 2.05) is 0 Å². The Kier molecular flexibility index (Phi) is 3.07. The van der Waals surface area contributed by atoms with Crippen LogP contribution in [-0.4, -0.2) is 22.9 Å². The first-order valence-corrected chi connectivity index (χ1v) is 8.34. The molecule has 21 heavy (non-hydrogen) atoms. The van der Waals surface area contributed by atoms with Crippen molar-refractivity contribution in [1.29, 1.82) is 0 Å². The Morgan fingerprint density at radius 3 is 2.62 bits per heavy atom. The molecule has 0 radical (unpaired) electrons. The largest absolute Gasteiger partial charge is 0.321 e. The lowest BCUT2D eigenvalue weighted by Gasteiger charge is -2.28. The topological polar surface area (TPSA) is 32.3 Å². The molecule has 2 saturated carbocycles. The highest BCUT2D eigenvalue weighted by molar-refractivity contribution is 5.92. The normalized spacial score (nSPS) is 27.8. The second kappa shape index (κ2) is 4.84. The van der Waals surface area contributed by atoms with Gasteiger partial charge in [-0.15, -0.1) is 0 Å². The van der Waals surface area contributed by atoms with E-state index in [0.717, 1.165) is 19.4 Å². The van der Waals surface area contributed by atoms with E-state index in [1.54, 1.807) is 0 Å². The molecule has 3 aliphatic rings. The molecule has 0 bridgehead atoms. The molecule has 0 aromatic heterocycles. The molecule has 1 aromatic rings. The molecular formula is C18H24N2O. The van der Waals surface area contributed by atoms with Crippen LogP contribution in [0.25, 0.3) is 0 Å². The maximum Gasteiger partial charge on any atom is 0.244 e. The number of carbonyl (C=O) groups is 1. The number of rotatable bonds is 3. The first-order valence-electron chi connectivity index (χ1n) is 8.34. The highest BCUT2D eigenvalue weighted by Crippen LogP contribution is 2.47. The molecule has 1 spiro atoms. The summed E-state index contributed by atoms with van der Waals surface area (Å²) in [5.41, 5.74) is 2.33. The van der Waals surface area contributed by atoms with Gasteiger partial charge in [0.05, 0.1) is 0 Å². The van der Waals surface area contributed by atoms with Crippen LogP contribution in [0.4, 0.5) is 0 Å². The highest BCUT2D eigenvalue weighted by Gasteiger charge is 2.59. The molecule has 4 rings (SSSR count). The minimum atomic E-state index is -0.217. The zero-order chi connectivity index (χ0) is 14.4. The fourth-order valence-corrected chi connectivity index (χ4v) is 4.08. The van der Waals surface area contributed by atoms with Crippen molar-refractivity contribution in [3.63, 3.8) is 0 Å². The first-order chi connectivity index (χ1) is 10.2. The Morgan fingerprint density at radius 2 is 1.95 bits per heavy atom. The maximum absolute atomic E-state index is 12.8. The molecule has 1 aromatic carbocycles. The van der Waals surface area contributed by atoms with Crippen LogP contribution in [0.3, 0.4) is 0 Å². The van der Waals surface area contributed by atoms with E-state index >= 15 is 0 Å². The SMILES string of the molecule is Cc1ccccc1C1NC2(CC2)C(=O)N1CC1CCCC1. The van der Waals surface area contributed by atoms with Gasteiger partial charge in [-0.2, -0.15) is 0 Å². The van der Waals surface area contributed by atoms with Gasteiger partial charge in [-0.25, -0.2) is 0 Å². The van der Waals surface area contributed by atoms with E-state index in [9.17, 15) is 4.79 Å². The third-order valence-electron chi connectivity index (χ3n) is 5.56. The summed E-state index contributed by atoms with van der Waals surface area (Å²) in [5.74, 6) is 1.05. The summed E-state index contributed by atoms with van der Waals surface area (Å²) in [4.78, 5) is 15.0. The molecule has 1 amide bonds. The molecule has 2 aliphatic carbocycles. The molecule has 1 heterocycles. The van der Waals surface area contributed by atoms with Crippen molar-refractivity contribution >= 4 is 5.91 Å². The Bertz CT molecular complexity index is 558. The second-order valence-electron chi connectivity index (χ2n) is 7.09. The zero-order valence-electron chi connectivity index (χ0n) is 12.8.